The van der Waals surface area contributed by atoms with Gasteiger partial charge in [-0.1, -0.05) is 137 Å². The van der Waals surface area contributed by atoms with Crippen LogP contribution in [-0.4, -0.2) is 4.21 Å². The van der Waals surface area contributed by atoms with Gasteiger partial charge in [0.05, 0.1) is 20.6 Å². The molecule has 0 amide bonds. The van der Waals surface area contributed by atoms with Crippen LogP contribution < -0.4 is 0 Å². The van der Waals surface area contributed by atoms with Crippen LogP contribution in [0.25, 0.3) is 50.1 Å². The van der Waals surface area contributed by atoms with Crippen molar-refractivity contribution in [2.75, 3.05) is 0 Å². The number of allylic oxidation sites excluding steroid dienone is 7. The highest BCUT2D eigenvalue weighted by molar-refractivity contribution is 7.90. The van der Waals surface area contributed by atoms with Crippen LogP contribution in [0.4, 0.5) is 0 Å². The predicted octanol–water partition coefficient (Wildman–Crippen LogP) is 12.7. The maximum atomic E-state index is 14.2. The summed E-state index contributed by atoms with van der Waals surface area (Å²) >= 11 is 0. The van der Waals surface area contributed by atoms with Crippen LogP contribution in [0.5, 0.6) is 0 Å². The highest BCUT2D eigenvalue weighted by Crippen LogP contribution is 2.45. The van der Waals surface area contributed by atoms with E-state index in [2.05, 4.69) is 162 Å². The second kappa shape index (κ2) is 13.6. The molecule has 0 aromatic heterocycles. The van der Waals surface area contributed by atoms with Gasteiger partial charge in [0.1, 0.15) is 0 Å². The first kappa shape index (κ1) is 32.9. The van der Waals surface area contributed by atoms with E-state index in [4.69, 9.17) is 0 Å². The summed E-state index contributed by atoms with van der Waals surface area (Å²) in [7, 11) is -1.32. The van der Waals surface area contributed by atoms with Gasteiger partial charge in [0.2, 0.25) is 0 Å². The summed E-state index contributed by atoms with van der Waals surface area (Å²) in [5, 5.41) is 0. The molecule has 0 saturated carbocycles. The van der Waals surface area contributed by atoms with Crippen LogP contribution >= 0.6 is 0 Å². The summed E-state index contributed by atoms with van der Waals surface area (Å²) in [5.74, 6) is 0. The molecular weight excluding hydrogens is 601 g/mol. The third-order valence-corrected chi connectivity index (χ3v) is 10.7. The Morgan fingerprint density at radius 3 is 1.83 bits per heavy atom. The van der Waals surface area contributed by atoms with Crippen LogP contribution in [0.2, 0.25) is 0 Å². The molecule has 0 saturated heterocycles. The molecule has 5 aromatic rings. The van der Waals surface area contributed by atoms with E-state index < -0.39 is 10.8 Å². The van der Waals surface area contributed by atoms with Gasteiger partial charge in [0.15, 0.2) is 0 Å². The first-order valence-electron chi connectivity index (χ1n) is 16.5. The number of hydrogen-bond acceptors (Lipinski definition) is 1. The maximum absolute atomic E-state index is 14.2. The van der Waals surface area contributed by atoms with Gasteiger partial charge < -0.3 is 0 Å². The highest BCUT2D eigenvalue weighted by atomic mass is 32.2. The van der Waals surface area contributed by atoms with E-state index in [1.54, 1.807) is 0 Å². The van der Waals surface area contributed by atoms with Crippen LogP contribution in [0.3, 0.4) is 0 Å². The van der Waals surface area contributed by atoms with Gasteiger partial charge in [-0.2, -0.15) is 0 Å². The molecule has 1 nitrogen and oxygen atoms in total. The Labute approximate surface area is 288 Å². The summed E-state index contributed by atoms with van der Waals surface area (Å²) in [4.78, 5) is 1.69. The number of rotatable bonds is 8. The van der Waals surface area contributed by atoms with Gasteiger partial charge in [-0.15, -0.1) is 0 Å². The molecule has 5 aromatic carbocycles. The van der Waals surface area contributed by atoms with Gasteiger partial charge in [0.25, 0.3) is 0 Å². The standard InChI is InChI=1S/C46H42OS/c1-8-31(9-2)37-27-38(32-17-13-12-14-18-32)29-39(28-37)35-21-15-19-33(25-35)34-20-16-22-36(26-34)41(10-3)45-42(11-4)43-24-23-40(46(5,6)7)30-44(43)48(45)47/h8-30H,1,4H2,2-3,5-7H3/b31-9+,41-10-. The molecule has 1 heterocycles. The fourth-order valence-electron chi connectivity index (χ4n) is 6.48. The molecule has 0 radical (unpaired) electrons. The van der Waals surface area contributed by atoms with Crippen LogP contribution in [0, 0.1) is 0 Å². The first-order chi connectivity index (χ1) is 23.2. The minimum Gasteiger partial charge on any atom is -0.249 e. The van der Waals surface area contributed by atoms with Gasteiger partial charge in [-0.25, -0.2) is 4.21 Å². The Morgan fingerprint density at radius 1 is 0.625 bits per heavy atom. The fourth-order valence-corrected chi connectivity index (χ4v) is 8.14. The van der Waals surface area contributed by atoms with Crippen molar-refractivity contribution in [3.05, 3.63) is 180 Å². The molecule has 6 rings (SSSR count). The van der Waals surface area contributed by atoms with Gasteiger partial charge in [-0.3, -0.25) is 0 Å². The lowest BCUT2D eigenvalue weighted by Gasteiger charge is -2.19. The average molecular weight is 643 g/mol. The van der Waals surface area contributed by atoms with Crippen LogP contribution in [-0.2, 0) is 16.2 Å². The van der Waals surface area contributed by atoms with E-state index in [0.717, 1.165) is 65.5 Å². The quantitative estimate of drug-likeness (QED) is 0.154. The smallest absolute Gasteiger partial charge is 0.0868 e. The number of benzene rings is 5. The van der Waals surface area contributed by atoms with Crippen LogP contribution in [0.1, 0.15) is 56.9 Å². The van der Waals surface area contributed by atoms with E-state index in [1.165, 1.54) is 16.7 Å². The molecule has 48 heavy (non-hydrogen) atoms. The van der Waals surface area contributed by atoms with Gasteiger partial charge in [0, 0.05) is 0 Å². The minimum absolute atomic E-state index is 0.0340. The first-order valence-corrected chi connectivity index (χ1v) is 17.6. The van der Waals surface area contributed by atoms with E-state index >= 15 is 0 Å². The molecule has 1 unspecified atom stereocenters. The Kier molecular flexibility index (Phi) is 9.31. The molecule has 0 N–H and O–H groups in total. The highest BCUT2D eigenvalue weighted by Gasteiger charge is 2.31. The Balaban J connectivity index is 1.40. The summed E-state index contributed by atoms with van der Waals surface area (Å²) in [6, 6.07) is 40.9. The lowest BCUT2D eigenvalue weighted by molar-refractivity contribution is 0.588. The topological polar surface area (TPSA) is 17.1 Å². The van der Waals surface area contributed by atoms with E-state index in [0.29, 0.717) is 0 Å². The second-order valence-corrected chi connectivity index (χ2v) is 14.5. The van der Waals surface area contributed by atoms with Crippen LogP contribution in [0.15, 0.2) is 163 Å². The summed E-state index contributed by atoms with van der Waals surface area (Å²) in [6.07, 6.45) is 7.96. The van der Waals surface area contributed by atoms with Crippen molar-refractivity contribution >= 4 is 27.5 Å². The van der Waals surface area contributed by atoms with Gasteiger partial charge in [-0.05, 0) is 128 Å². The molecule has 1 aliphatic rings. The number of fused-ring (bicyclic) bond motifs is 1. The van der Waals surface area contributed by atoms with Crippen molar-refractivity contribution < 1.29 is 4.21 Å². The molecule has 2 heteroatoms. The molecule has 0 fully saturated rings. The Morgan fingerprint density at radius 2 is 1.21 bits per heavy atom. The van der Waals surface area contributed by atoms with Gasteiger partial charge >= 0.3 is 0 Å². The zero-order valence-corrected chi connectivity index (χ0v) is 29.3. The summed E-state index contributed by atoms with van der Waals surface area (Å²) in [5.41, 5.74) is 14.2. The normalized spacial score (nSPS) is 15.0. The SMILES string of the molecule is C=CC1=C(/C(=C\C)c2cccc(-c3cccc(-c4cc(/C(C=C)=C/C)cc(-c5ccccc5)c4)c3)c2)S(=O)c2cc(C(C)(C)C)ccc21. The summed E-state index contributed by atoms with van der Waals surface area (Å²) in [6.45, 7) is 18.8. The minimum atomic E-state index is -1.32. The Bertz CT molecular complexity index is 2170. The second-order valence-electron chi connectivity index (χ2n) is 13.2. The molecule has 1 atom stereocenters. The maximum Gasteiger partial charge on any atom is 0.0868 e. The molecule has 1 aliphatic heterocycles. The number of hydrogen-bond donors (Lipinski definition) is 0. The third-order valence-electron chi connectivity index (χ3n) is 9.11. The molecule has 0 spiro atoms. The van der Waals surface area contributed by atoms with Crippen molar-refractivity contribution in [2.45, 2.75) is 44.9 Å². The molecule has 0 bridgehead atoms. The van der Waals surface area contributed by atoms with Crippen molar-refractivity contribution in [3.8, 4) is 33.4 Å². The van der Waals surface area contributed by atoms with Crippen molar-refractivity contribution in [2.24, 2.45) is 0 Å². The fraction of sp³-hybridized carbons (Fsp3) is 0.130. The third kappa shape index (κ3) is 6.29. The summed E-state index contributed by atoms with van der Waals surface area (Å²) < 4.78 is 14.2. The van der Waals surface area contributed by atoms with E-state index in [9.17, 15) is 4.21 Å². The monoisotopic (exact) mass is 642 g/mol. The van der Waals surface area contributed by atoms with Crippen molar-refractivity contribution in [3.63, 3.8) is 0 Å². The molecular formula is C46H42OS. The Hall–Kier alpha value is -5.05. The zero-order valence-electron chi connectivity index (χ0n) is 28.5. The van der Waals surface area contributed by atoms with E-state index in [1.807, 2.05) is 25.1 Å². The lowest BCUT2D eigenvalue weighted by Crippen LogP contribution is -2.11. The largest absolute Gasteiger partial charge is 0.249 e. The average Bonchev–Trinajstić information content (AvgIpc) is 3.39. The van der Waals surface area contributed by atoms with Crippen molar-refractivity contribution in [1.82, 2.24) is 0 Å². The van der Waals surface area contributed by atoms with Crippen molar-refractivity contribution in [1.29, 1.82) is 0 Å². The predicted molar refractivity (Wildman–Crippen MR) is 209 cm³/mol. The lowest BCUT2D eigenvalue weighted by atomic mass is 9.86. The zero-order chi connectivity index (χ0) is 34.0. The molecule has 238 valence electrons. The molecule has 0 aliphatic carbocycles. The van der Waals surface area contributed by atoms with E-state index in [-0.39, 0.29) is 5.41 Å².